The number of nitrogens with one attached hydrogen (secondary N) is 7. The van der Waals surface area contributed by atoms with Crippen LogP contribution in [0.15, 0.2) is 29.3 Å². The molecule has 56 heavy (non-hydrogen) atoms. The summed E-state index contributed by atoms with van der Waals surface area (Å²) in [4.78, 5) is 101. The van der Waals surface area contributed by atoms with E-state index in [4.69, 9.17) is 0 Å². The van der Waals surface area contributed by atoms with E-state index >= 15 is 0 Å². The van der Waals surface area contributed by atoms with Gasteiger partial charge in [0.15, 0.2) is 0 Å². The molecule has 21 heteroatoms. The van der Waals surface area contributed by atoms with Crippen molar-refractivity contribution >= 4 is 64.0 Å². The molecule has 11 N–H and O–H groups in total. The Morgan fingerprint density at radius 3 is 2.14 bits per heavy atom. The van der Waals surface area contributed by atoms with Crippen LogP contribution in [0, 0.1) is 0 Å². The number of para-hydroxylation sites is 1. The molecule has 0 aliphatic carbocycles. The zero-order valence-corrected chi connectivity index (χ0v) is 33.5. The van der Waals surface area contributed by atoms with Crippen LogP contribution in [-0.2, 0) is 59.5 Å². The first-order chi connectivity index (χ1) is 25.9. The van der Waals surface area contributed by atoms with E-state index in [1.165, 1.54) is 27.7 Å². The average Bonchev–Trinajstić information content (AvgIpc) is 3.69. The zero-order chi connectivity index (χ0) is 40.4. The summed E-state index contributed by atoms with van der Waals surface area (Å²) < 4.78 is 0. The van der Waals surface area contributed by atoms with Crippen LogP contribution in [0.2, 0.25) is 0 Å². The Labute approximate surface area is 339 Å². The summed E-state index contributed by atoms with van der Waals surface area (Å²) in [6.45, 7) is 4.02. The second-order valence-electron chi connectivity index (χ2n) is 14.6. The normalized spacial score (nSPS) is 30.2. The van der Waals surface area contributed by atoms with Gasteiger partial charge in [-0.25, -0.2) is 0 Å². The number of carbonyl (C=O) groups excluding carboxylic acids is 7. The molecule has 4 heterocycles. The Morgan fingerprint density at radius 1 is 0.857 bits per heavy atom. The first-order valence-corrected chi connectivity index (χ1v) is 18.9. The van der Waals surface area contributed by atoms with Gasteiger partial charge in [0.1, 0.15) is 42.3 Å². The molecule has 19 nitrogen and oxygen atoms in total. The quantitative estimate of drug-likeness (QED) is 0.132. The van der Waals surface area contributed by atoms with Crippen molar-refractivity contribution in [2.24, 2.45) is 0 Å². The maximum absolute atomic E-state index is 14.3. The molecular weight excluding hydrogens is 843 g/mol. The van der Waals surface area contributed by atoms with E-state index in [0.717, 1.165) is 16.7 Å². The number of thioether (sulfide) groups is 1. The topological polar surface area (TPSA) is 292 Å². The maximum Gasteiger partial charge on any atom is 0.246 e. The third-order valence-corrected chi connectivity index (χ3v) is 11.0. The van der Waals surface area contributed by atoms with Crippen LogP contribution in [0.1, 0.15) is 46.1 Å². The summed E-state index contributed by atoms with van der Waals surface area (Å²) >= 11 is 1.08. The first kappa shape index (κ1) is 44.6. The molecule has 2 bridgehead atoms. The third-order valence-electron chi connectivity index (χ3n) is 9.87. The monoisotopic (exact) mass is 891 g/mol. The van der Waals surface area contributed by atoms with Gasteiger partial charge in [0.05, 0.1) is 29.4 Å². The summed E-state index contributed by atoms with van der Waals surface area (Å²) in [5.74, 6) is -6.26. The molecule has 0 spiro atoms. The molecule has 3 aliphatic heterocycles. The van der Waals surface area contributed by atoms with Gasteiger partial charge in [0.2, 0.25) is 41.4 Å². The molecule has 5 rings (SSSR count). The van der Waals surface area contributed by atoms with Crippen LogP contribution < -0.4 is 31.9 Å². The predicted octanol–water partition coefficient (Wildman–Crippen LogP) is -3.75. The van der Waals surface area contributed by atoms with Gasteiger partial charge in [-0.05, 0) is 39.3 Å². The minimum Gasteiger partial charge on any atom is -0.393 e. The number of aromatic amines is 1. The van der Waals surface area contributed by atoms with Crippen molar-refractivity contribution in [1.29, 1.82) is 0 Å². The van der Waals surface area contributed by atoms with Gasteiger partial charge in [-0.2, -0.15) is 0 Å². The predicted molar refractivity (Wildman–Crippen MR) is 196 cm³/mol. The summed E-state index contributed by atoms with van der Waals surface area (Å²) in [6, 6.07) is -2.86. The molecule has 10 unspecified atom stereocenters. The van der Waals surface area contributed by atoms with Crippen LogP contribution in [-0.4, -0.2) is 151 Å². The van der Waals surface area contributed by atoms with Crippen LogP contribution in [0.25, 0.3) is 10.9 Å². The largest absolute Gasteiger partial charge is 0.393 e. The number of fused-ring (bicyclic) bond motifs is 5. The number of carbonyl (C=O) groups is 7. The van der Waals surface area contributed by atoms with E-state index in [2.05, 4.69) is 36.9 Å². The SMILES string of the molecule is CC1NC(=O)C(CC(C)(O)CO)NC(=O)C2Cc3c([nH]c4ccccc34)SCC(NC(=O)C(C(C)O)NC1=O)C(=O)N1CC(O)CC1C(=O)NC(C)C(=O)N2.[Rh]. The molecule has 1 radical (unpaired) electrons. The number of aliphatic hydroxyl groups excluding tert-OH is 3. The maximum atomic E-state index is 14.3. The molecule has 1 saturated heterocycles. The Kier molecular flexibility index (Phi) is 14.7. The van der Waals surface area contributed by atoms with Crippen molar-refractivity contribution in [1.82, 2.24) is 41.8 Å². The van der Waals surface area contributed by atoms with Gasteiger partial charge in [0, 0.05) is 61.9 Å². The molecule has 1 fully saturated rings. The molecule has 1 aromatic heterocycles. The van der Waals surface area contributed by atoms with Gasteiger partial charge in [-0.15, -0.1) is 11.8 Å². The fourth-order valence-corrected chi connectivity index (χ4v) is 7.85. The summed E-state index contributed by atoms with van der Waals surface area (Å²) in [5.41, 5.74) is -0.741. The van der Waals surface area contributed by atoms with Gasteiger partial charge in [0.25, 0.3) is 0 Å². The van der Waals surface area contributed by atoms with Crippen LogP contribution in [0.3, 0.4) is 0 Å². The number of hydrogen-bond donors (Lipinski definition) is 11. The fraction of sp³-hybridized carbons (Fsp3) is 0.571. The Balaban J connectivity index is 0.00000696. The van der Waals surface area contributed by atoms with Gasteiger partial charge < -0.3 is 62.2 Å². The van der Waals surface area contributed by atoms with Crippen molar-refractivity contribution in [3.63, 3.8) is 0 Å². The second-order valence-corrected chi connectivity index (χ2v) is 15.6. The van der Waals surface area contributed by atoms with E-state index in [-0.39, 0.29) is 44.6 Å². The van der Waals surface area contributed by atoms with Crippen molar-refractivity contribution < 1.29 is 73.5 Å². The fourth-order valence-electron chi connectivity index (χ4n) is 6.74. The number of aliphatic hydroxyl groups is 4. The zero-order valence-electron chi connectivity index (χ0n) is 31.1. The minimum absolute atomic E-state index is 0. The summed E-state index contributed by atoms with van der Waals surface area (Å²) in [6.07, 6.45) is -3.53. The van der Waals surface area contributed by atoms with Crippen molar-refractivity contribution in [2.45, 2.75) is 112 Å². The van der Waals surface area contributed by atoms with Gasteiger partial charge in [-0.1, -0.05) is 18.2 Å². The number of benzene rings is 1. The molecule has 3 aliphatic rings. The number of aromatic nitrogens is 1. The standard InChI is InChI=1S/C35H48N8O11S.Rh/c1-15-27(47)38-22-10-20-19-7-5-6-8-21(19)41-33(20)55-13-24(34(53)43-12-18(46)9-25(43)31(51)37-15)40-32(52)26(17(3)45)42-28(48)16(2)36-30(50)23(39-29(22)49)11-35(4,54)14-44;/h5-8,15-18,22-26,41,44-46,54H,9-14H2,1-4H3,(H,36,50)(H,37,51)(H,38,47)(H,39,49)(H,40,52)(H,42,48);. The minimum atomic E-state index is -1.90. The first-order valence-electron chi connectivity index (χ1n) is 17.9. The molecule has 2 aromatic rings. The molecule has 0 saturated carbocycles. The average molecular weight is 892 g/mol. The van der Waals surface area contributed by atoms with Crippen molar-refractivity contribution in [2.75, 3.05) is 18.9 Å². The number of rotatable bonds is 4. The van der Waals surface area contributed by atoms with Crippen molar-refractivity contribution in [3.05, 3.63) is 29.8 Å². The number of nitrogens with zero attached hydrogens (tertiary/aromatic N) is 1. The summed E-state index contributed by atoms with van der Waals surface area (Å²) in [7, 11) is 0. The van der Waals surface area contributed by atoms with Crippen LogP contribution >= 0.6 is 11.8 Å². The van der Waals surface area contributed by atoms with Gasteiger partial charge >= 0.3 is 0 Å². The van der Waals surface area contributed by atoms with Crippen molar-refractivity contribution in [3.8, 4) is 0 Å². The van der Waals surface area contributed by atoms with E-state index in [1.807, 2.05) is 0 Å². The Hall–Kier alpha value is -4.14. The Bertz CT molecular complexity index is 1840. The van der Waals surface area contributed by atoms with E-state index in [1.54, 1.807) is 24.3 Å². The molecule has 7 amide bonds. The molecule has 309 valence electrons. The molecular formula is C35H48N8O11RhS. The van der Waals surface area contributed by atoms with E-state index in [0.29, 0.717) is 21.5 Å². The smallest absolute Gasteiger partial charge is 0.246 e. The Morgan fingerprint density at radius 2 is 1.48 bits per heavy atom. The van der Waals surface area contributed by atoms with Crippen LogP contribution in [0.4, 0.5) is 0 Å². The third kappa shape index (κ3) is 10.2. The van der Waals surface area contributed by atoms with E-state index < -0.39 is 114 Å². The van der Waals surface area contributed by atoms with E-state index in [9.17, 15) is 54.0 Å². The second kappa shape index (κ2) is 18.4. The van der Waals surface area contributed by atoms with Gasteiger partial charge in [-0.3, -0.25) is 33.6 Å². The molecule has 1 aromatic carbocycles. The number of amides is 7. The number of H-pyrrole nitrogens is 1. The number of hydrogen-bond acceptors (Lipinski definition) is 12. The molecule has 10 atom stereocenters. The van der Waals surface area contributed by atoms with Crippen LogP contribution in [0.5, 0.6) is 0 Å². The summed E-state index contributed by atoms with van der Waals surface area (Å²) in [5, 5.41) is 58.1.